The van der Waals surface area contributed by atoms with Gasteiger partial charge in [0.15, 0.2) is 0 Å². The molecule has 0 radical (unpaired) electrons. The molecule has 1 aliphatic rings. The summed E-state index contributed by atoms with van der Waals surface area (Å²) >= 11 is 2.04. The van der Waals surface area contributed by atoms with Crippen molar-refractivity contribution >= 4 is 11.8 Å². The molecule has 1 heterocycles. The number of rotatable bonds is 4. The summed E-state index contributed by atoms with van der Waals surface area (Å²) in [5.41, 5.74) is 2.30. The molecule has 3 heteroatoms. The van der Waals surface area contributed by atoms with Gasteiger partial charge in [0.25, 0.3) is 0 Å². The Morgan fingerprint density at radius 3 is 2.83 bits per heavy atom. The lowest BCUT2D eigenvalue weighted by atomic mass is 9.88. The van der Waals surface area contributed by atoms with Crippen molar-refractivity contribution < 1.29 is 4.39 Å². The van der Waals surface area contributed by atoms with E-state index in [1.807, 2.05) is 24.8 Å². The van der Waals surface area contributed by atoms with E-state index in [4.69, 9.17) is 0 Å². The highest BCUT2D eigenvalue weighted by molar-refractivity contribution is 8.00. The highest BCUT2D eigenvalue weighted by atomic mass is 32.2. The van der Waals surface area contributed by atoms with E-state index in [1.54, 1.807) is 12.1 Å². The monoisotopic (exact) mass is 267 g/mol. The van der Waals surface area contributed by atoms with Crippen LogP contribution in [0.2, 0.25) is 0 Å². The quantitative estimate of drug-likeness (QED) is 0.882. The fourth-order valence-corrected chi connectivity index (χ4v) is 4.27. The first-order chi connectivity index (χ1) is 8.57. The maximum absolute atomic E-state index is 13.2. The Hall–Kier alpha value is -0.540. The van der Waals surface area contributed by atoms with Crippen LogP contribution in [0.3, 0.4) is 0 Å². The van der Waals surface area contributed by atoms with Gasteiger partial charge in [-0.15, -0.1) is 0 Å². The Morgan fingerprint density at radius 2 is 2.28 bits per heavy atom. The normalized spacial score (nSPS) is 25.3. The smallest absolute Gasteiger partial charge is 0.123 e. The maximum Gasteiger partial charge on any atom is 0.123 e. The second-order valence-corrected chi connectivity index (χ2v) is 6.89. The van der Waals surface area contributed by atoms with E-state index >= 15 is 0 Å². The first-order valence-electron chi connectivity index (χ1n) is 6.70. The first-order valence-corrected chi connectivity index (χ1v) is 7.69. The van der Waals surface area contributed by atoms with Crippen LogP contribution in [0.1, 0.15) is 43.9 Å². The molecule has 1 aromatic rings. The number of nitrogens with one attached hydrogen (secondary N) is 1. The van der Waals surface area contributed by atoms with Crippen LogP contribution in [0.5, 0.6) is 0 Å². The number of thioether (sulfide) groups is 1. The molecule has 2 atom stereocenters. The van der Waals surface area contributed by atoms with Crippen LogP contribution in [0.25, 0.3) is 0 Å². The second kappa shape index (κ2) is 5.62. The van der Waals surface area contributed by atoms with Crippen molar-refractivity contribution in [2.75, 3.05) is 12.3 Å². The molecule has 1 saturated heterocycles. The molecule has 0 saturated carbocycles. The zero-order valence-corrected chi connectivity index (χ0v) is 12.2. The summed E-state index contributed by atoms with van der Waals surface area (Å²) in [6.45, 7) is 7.42. The molecule has 0 bridgehead atoms. The predicted octanol–water partition coefficient (Wildman–Crippen LogP) is 4.07. The molecule has 0 aliphatic carbocycles. The van der Waals surface area contributed by atoms with Gasteiger partial charge in [-0.25, -0.2) is 4.39 Å². The third-order valence-electron chi connectivity index (χ3n) is 3.81. The SMILES string of the molecule is CCNC(c1ccc(F)cc1C)C1(C)CCCS1. The van der Waals surface area contributed by atoms with Crippen molar-refractivity contribution in [3.05, 3.63) is 35.1 Å². The standard InChI is InChI=1S/C15H22FNS/c1-4-17-14(15(3)8-5-9-18-15)13-7-6-12(16)10-11(13)2/h6-7,10,14,17H,4-5,8-9H2,1-3H3. The summed E-state index contributed by atoms with van der Waals surface area (Å²) in [7, 11) is 0. The van der Waals surface area contributed by atoms with Crippen LogP contribution in [0.4, 0.5) is 4.39 Å². The Balaban J connectivity index is 2.34. The highest BCUT2D eigenvalue weighted by Crippen LogP contribution is 2.47. The van der Waals surface area contributed by atoms with Crippen LogP contribution >= 0.6 is 11.8 Å². The van der Waals surface area contributed by atoms with Gasteiger partial charge in [0, 0.05) is 10.8 Å². The number of benzene rings is 1. The summed E-state index contributed by atoms with van der Waals surface area (Å²) in [6, 6.07) is 5.48. The molecule has 2 unspecified atom stereocenters. The minimum Gasteiger partial charge on any atom is -0.309 e. The zero-order valence-electron chi connectivity index (χ0n) is 11.4. The van der Waals surface area contributed by atoms with Gasteiger partial charge in [0.1, 0.15) is 5.82 Å². The molecule has 2 rings (SSSR count). The lowest BCUT2D eigenvalue weighted by molar-refractivity contribution is 0.419. The van der Waals surface area contributed by atoms with Crippen LogP contribution in [-0.2, 0) is 0 Å². The molecule has 0 aromatic heterocycles. The Labute approximate surface area is 114 Å². The molecular formula is C15H22FNS. The second-order valence-electron chi connectivity index (χ2n) is 5.26. The molecule has 0 spiro atoms. The van der Waals surface area contributed by atoms with E-state index in [1.165, 1.54) is 24.2 Å². The minimum absolute atomic E-state index is 0.143. The van der Waals surface area contributed by atoms with E-state index in [9.17, 15) is 4.39 Å². The van der Waals surface area contributed by atoms with Crippen molar-refractivity contribution in [3.8, 4) is 0 Å². The molecule has 1 aliphatic heterocycles. The van der Waals surface area contributed by atoms with Crippen molar-refractivity contribution in [1.82, 2.24) is 5.32 Å². The predicted molar refractivity (Wildman–Crippen MR) is 77.7 cm³/mol. The number of hydrogen-bond acceptors (Lipinski definition) is 2. The summed E-state index contributed by atoms with van der Waals surface area (Å²) in [4.78, 5) is 0. The average molecular weight is 267 g/mol. The third kappa shape index (κ3) is 2.72. The van der Waals surface area contributed by atoms with Gasteiger partial charge in [0.05, 0.1) is 0 Å². The zero-order chi connectivity index (χ0) is 13.2. The lowest BCUT2D eigenvalue weighted by Crippen LogP contribution is -2.38. The van der Waals surface area contributed by atoms with Gasteiger partial charge in [-0.3, -0.25) is 0 Å². The van der Waals surface area contributed by atoms with Gasteiger partial charge in [-0.1, -0.05) is 13.0 Å². The van der Waals surface area contributed by atoms with Crippen molar-refractivity contribution in [2.24, 2.45) is 0 Å². The fourth-order valence-electron chi connectivity index (χ4n) is 2.85. The Kier molecular flexibility index (Phi) is 4.33. The summed E-state index contributed by atoms with van der Waals surface area (Å²) in [6.07, 6.45) is 2.51. The molecule has 1 fully saturated rings. The topological polar surface area (TPSA) is 12.0 Å². The molecule has 1 nitrogen and oxygen atoms in total. The van der Waals surface area contributed by atoms with Crippen molar-refractivity contribution in [1.29, 1.82) is 0 Å². The molecule has 1 aromatic carbocycles. The molecule has 100 valence electrons. The van der Waals surface area contributed by atoms with Gasteiger partial charge < -0.3 is 5.32 Å². The average Bonchev–Trinajstić information content (AvgIpc) is 2.75. The van der Waals surface area contributed by atoms with E-state index in [-0.39, 0.29) is 10.6 Å². The highest BCUT2D eigenvalue weighted by Gasteiger charge is 2.38. The lowest BCUT2D eigenvalue weighted by Gasteiger charge is -2.35. The van der Waals surface area contributed by atoms with Gasteiger partial charge >= 0.3 is 0 Å². The van der Waals surface area contributed by atoms with E-state index in [0.717, 1.165) is 12.1 Å². The minimum atomic E-state index is -0.143. The number of halogens is 1. The van der Waals surface area contributed by atoms with Gasteiger partial charge in [-0.2, -0.15) is 11.8 Å². The molecular weight excluding hydrogens is 245 g/mol. The van der Waals surface area contributed by atoms with E-state index in [2.05, 4.69) is 19.2 Å². The fraction of sp³-hybridized carbons (Fsp3) is 0.600. The first kappa shape index (κ1) is 13.9. The number of hydrogen-bond donors (Lipinski definition) is 1. The van der Waals surface area contributed by atoms with Crippen LogP contribution < -0.4 is 5.32 Å². The third-order valence-corrected chi connectivity index (χ3v) is 5.40. The summed E-state index contributed by atoms with van der Waals surface area (Å²) < 4.78 is 13.5. The van der Waals surface area contributed by atoms with Crippen LogP contribution in [0.15, 0.2) is 18.2 Å². The Bertz CT molecular complexity index is 413. The van der Waals surface area contributed by atoms with E-state index in [0.29, 0.717) is 6.04 Å². The largest absolute Gasteiger partial charge is 0.309 e. The van der Waals surface area contributed by atoms with Gasteiger partial charge in [-0.05, 0) is 62.2 Å². The van der Waals surface area contributed by atoms with Gasteiger partial charge in [0.2, 0.25) is 0 Å². The molecule has 0 amide bonds. The maximum atomic E-state index is 13.2. The number of aryl methyl sites for hydroxylation is 1. The van der Waals surface area contributed by atoms with E-state index < -0.39 is 0 Å². The van der Waals surface area contributed by atoms with Crippen LogP contribution in [-0.4, -0.2) is 17.0 Å². The van der Waals surface area contributed by atoms with Crippen LogP contribution in [0, 0.1) is 12.7 Å². The summed E-state index contributed by atoms with van der Waals surface area (Å²) in [5, 5.41) is 3.60. The van der Waals surface area contributed by atoms with Crippen molar-refractivity contribution in [2.45, 2.75) is 44.4 Å². The Morgan fingerprint density at radius 1 is 1.50 bits per heavy atom. The molecule has 18 heavy (non-hydrogen) atoms. The summed E-state index contributed by atoms with van der Waals surface area (Å²) in [5.74, 6) is 1.09. The molecule has 1 N–H and O–H groups in total. The van der Waals surface area contributed by atoms with Crippen molar-refractivity contribution in [3.63, 3.8) is 0 Å².